The van der Waals surface area contributed by atoms with Crippen LogP contribution in [0.3, 0.4) is 0 Å². The highest BCUT2D eigenvalue weighted by Crippen LogP contribution is 2.10. The fourth-order valence-corrected chi connectivity index (χ4v) is 2.29. The van der Waals surface area contributed by atoms with Gasteiger partial charge in [0, 0.05) is 6.42 Å². The average molecular weight is 298 g/mol. The van der Waals surface area contributed by atoms with Gasteiger partial charge in [-0.05, 0) is 25.7 Å². The van der Waals surface area contributed by atoms with Gasteiger partial charge in [-0.2, -0.15) is 0 Å². The summed E-state index contributed by atoms with van der Waals surface area (Å²) >= 11 is 0. The molecule has 0 aliphatic carbocycles. The van der Waals surface area contributed by atoms with Crippen LogP contribution in [0.1, 0.15) is 84.0 Å². The lowest BCUT2D eigenvalue weighted by molar-refractivity contribution is -0.140. The zero-order valence-corrected chi connectivity index (χ0v) is 14.0. The second-order valence-electron chi connectivity index (χ2n) is 5.73. The molecule has 0 aliphatic heterocycles. The number of carbonyl (C=O) groups excluding carboxylic acids is 1. The van der Waals surface area contributed by atoms with Crippen molar-refractivity contribution >= 4 is 5.97 Å². The van der Waals surface area contributed by atoms with E-state index in [4.69, 9.17) is 0 Å². The predicted molar refractivity (Wildman–Crippen MR) is 88.2 cm³/mol. The van der Waals surface area contributed by atoms with Crippen molar-refractivity contribution in [3.05, 3.63) is 12.2 Å². The van der Waals surface area contributed by atoms with E-state index in [1.807, 2.05) is 6.08 Å². The van der Waals surface area contributed by atoms with Crippen molar-refractivity contribution in [2.75, 3.05) is 7.11 Å². The zero-order chi connectivity index (χ0) is 15.8. The molecular weight excluding hydrogens is 264 g/mol. The summed E-state index contributed by atoms with van der Waals surface area (Å²) in [7, 11) is 1.44. The van der Waals surface area contributed by atoms with Crippen LogP contribution in [0.4, 0.5) is 0 Å². The topological polar surface area (TPSA) is 46.5 Å². The molecule has 0 heterocycles. The number of unbranched alkanes of at least 4 members (excludes halogenated alkanes) is 8. The first kappa shape index (κ1) is 20.2. The minimum absolute atomic E-state index is 0.0994. The molecule has 0 fully saturated rings. The molecule has 0 rings (SSSR count). The second-order valence-corrected chi connectivity index (χ2v) is 5.73. The van der Waals surface area contributed by atoms with Crippen LogP contribution in [0.2, 0.25) is 0 Å². The van der Waals surface area contributed by atoms with E-state index in [0.29, 0.717) is 6.42 Å². The molecule has 0 unspecified atom stereocenters. The maximum atomic E-state index is 10.9. The molecule has 1 atom stereocenters. The summed E-state index contributed by atoms with van der Waals surface area (Å²) in [6.45, 7) is 2.18. The van der Waals surface area contributed by atoms with Crippen LogP contribution in [-0.2, 0) is 9.53 Å². The van der Waals surface area contributed by atoms with Gasteiger partial charge in [0.2, 0.25) is 0 Å². The molecule has 0 radical (unpaired) electrons. The lowest BCUT2D eigenvalue weighted by Gasteiger charge is -2.04. The van der Waals surface area contributed by atoms with Crippen LogP contribution in [-0.4, -0.2) is 24.3 Å². The lowest BCUT2D eigenvalue weighted by Crippen LogP contribution is -2.01. The number of hydrogen-bond acceptors (Lipinski definition) is 3. The summed E-state index contributed by atoms with van der Waals surface area (Å²) in [5.74, 6) is -0.0994. The van der Waals surface area contributed by atoms with Crippen molar-refractivity contribution in [1.29, 1.82) is 0 Å². The summed E-state index contributed by atoms with van der Waals surface area (Å²) in [5, 5.41) is 9.72. The zero-order valence-electron chi connectivity index (χ0n) is 14.0. The summed E-state index contributed by atoms with van der Waals surface area (Å²) in [6, 6.07) is 0. The molecule has 0 aromatic carbocycles. The Bertz CT molecular complexity index is 261. The SMILES string of the molecule is CCCCC[C@@H](O)/C=C\CCCCCCCCC(=O)OC. The van der Waals surface area contributed by atoms with E-state index in [0.717, 1.165) is 32.1 Å². The summed E-state index contributed by atoms with van der Waals surface area (Å²) in [4.78, 5) is 10.9. The average Bonchev–Trinajstić information content (AvgIpc) is 2.49. The Morgan fingerprint density at radius 2 is 1.71 bits per heavy atom. The number of carbonyl (C=O) groups is 1. The van der Waals surface area contributed by atoms with E-state index < -0.39 is 0 Å². The van der Waals surface area contributed by atoms with Gasteiger partial charge in [-0.1, -0.05) is 64.0 Å². The number of esters is 1. The van der Waals surface area contributed by atoms with Gasteiger partial charge in [0.05, 0.1) is 13.2 Å². The van der Waals surface area contributed by atoms with Crippen LogP contribution in [0.15, 0.2) is 12.2 Å². The van der Waals surface area contributed by atoms with Crippen molar-refractivity contribution < 1.29 is 14.6 Å². The van der Waals surface area contributed by atoms with Gasteiger partial charge in [-0.3, -0.25) is 4.79 Å². The van der Waals surface area contributed by atoms with Gasteiger partial charge in [0.15, 0.2) is 0 Å². The molecule has 0 amide bonds. The fourth-order valence-electron chi connectivity index (χ4n) is 2.29. The predicted octanol–water partition coefficient (Wildman–Crippen LogP) is 4.78. The van der Waals surface area contributed by atoms with Gasteiger partial charge >= 0.3 is 5.97 Å². The maximum Gasteiger partial charge on any atom is 0.305 e. The molecular formula is C18H34O3. The molecule has 3 heteroatoms. The van der Waals surface area contributed by atoms with E-state index in [2.05, 4.69) is 17.7 Å². The standard InChI is InChI=1S/C18H34O3/c1-3-4-11-14-17(19)15-12-9-7-5-6-8-10-13-16-18(20)21-2/h12,15,17,19H,3-11,13-14,16H2,1-2H3/b15-12-/t17-/m1/s1. The monoisotopic (exact) mass is 298 g/mol. The number of rotatable bonds is 14. The van der Waals surface area contributed by atoms with Crippen LogP contribution in [0.5, 0.6) is 0 Å². The Labute approximate surface area is 130 Å². The number of aliphatic hydroxyl groups is 1. The quantitative estimate of drug-likeness (QED) is 0.285. The molecule has 3 nitrogen and oxygen atoms in total. The molecule has 0 aromatic rings. The second kappa shape index (κ2) is 15.6. The number of aliphatic hydroxyl groups excluding tert-OH is 1. The fraction of sp³-hybridized carbons (Fsp3) is 0.833. The maximum absolute atomic E-state index is 10.9. The molecule has 0 aromatic heterocycles. The first-order valence-electron chi connectivity index (χ1n) is 8.62. The summed E-state index contributed by atoms with van der Waals surface area (Å²) < 4.78 is 4.61. The first-order chi connectivity index (χ1) is 10.2. The highest BCUT2D eigenvalue weighted by Gasteiger charge is 1.99. The number of hydrogen-bond donors (Lipinski definition) is 1. The summed E-state index contributed by atoms with van der Waals surface area (Å²) in [6.07, 6.45) is 16.8. The Hall–Kier alpha value is -0.830. The van der Waals surface area contributed by atoms with E-state index in [1.165, 1.54) is 45.6 Å². The van der Waals surface area contributed by atoms with Gasteiger partial charge in [-0.25, -0.2) is 0 Å². The smallest absolute Gasteiger partial charge is 0.305 e. The van der Waals surface area contributed by atoms with Crippen molar-refractivity contribution in [2.24, 2.45) is 0 Å². The molecule has 0 spiro atoms. The number of allylic oxidation sites excluding steroid dienone is 1. The van der Waals surface area contributed by atoms with Crippen molar-refractivity contribution in [2.45, 2.75) is 90.1 Å². The third-order valence-corrected chi connectivity index (χ3v) is 3.69. The Balaban J connectivity index is 3.26. The molecule has 1 N–H and O–H groups in total. The molecule has 0 bridgehead atoms. The third-order valence-electron chi connectivity index (χ3n) is 3.69. The van der Waals surface area contributed by atoms with E-state index >= 15 is 0 Å². The summed E-state index contributed by atoms with van der Waals surface area (Å²) in [5.41, 5.74) is 0. The molecule has 124 valence electrons. The molecule has 0 saturated heterocycles. The number of ether oxygens (including phenoxy) is 1. The highest BCUT2D eigenvalue weighted by molar-refractivity contribution is 5.68. The van der Waals surface area contributed by atoms with Gasteiger partial charge in [0.25, 0.3) is 0 Å². The van der Waals surface area contributed by atoms with Crippen molar-refractivity contribution in [3.63, 3.8) is 0 Å². The van der Waals surface area contributed by atoms with Crippen LogP contribution in [0, 0.1) is 0 Å². The largest absolute Gasteiger partial charge is 0.469 e. The minimum atomic E-state index is -0.255. The third kappa shape index (κ3) is 15.4. The molecule has 0 aliphatic rings. The van der Waals surface area contributed by atoms with Crippen LogP contribution < -0.4 is 0 Å². The van der Waals surface area contributed by atoms with Gasteiger partial charge in [0.1, 0.15) is 0 Å². The Kier molecular flexibility index (Phi) is 14.9. The van der Waals surface area contributed by atoms with E-state index in [-0.39, 0.29) is 12.1 Å². The minimum Gasteiger partial charge on any atom is -0.469 e. The number of methoxy groups -OCH3 is 1. The lowest BCUT2D eigenvalue weighted by atomic mass is 10.1. The van der Waals surface area contributed by atoms with E-state index in [1.54, 1.807) is 0 Å². The van der Waals surface area contributed by atoms with Crippen LogP contribution in [0.25, 0.3) is 0 Å². The highest BCUT2D eigenvalue weighted by atomic mass is 16.5. The normalized spacial score (nSPS) is 12.7. The van der Waals surface area contributed by atoms with Gasteiger partial charge < -0.3 is 9.84 Å². The first-order valence-corrected chi connectivity index (χ1v) is 8.62. The Morgan fingerprint density at radius 3 is 2.38 bits per heavy atom. The molecule has 0 saturated carbocycles. The molecule has 21 heavy (non-hydrogen) atoms. The van der Waals surface area contributed by atoms with Crippen molar-refractivity contribution in [1.82, 2.24) is 0 Å². The van der Waals surface area contributed by atoms with Gasteiger partial charge in [-0.15, -0.1) is 0 Å². The van der Waals surface area contributed by atoms with Crippen LogP contribution >= 0.6 is 0 Å². The Morgan fingerprint density at radius 1 is 1.05 bits per heavy atom. The van der Waals surface area contributed by atoms with Crippen molar-refractivity contribution in [3.8, 4) is 0 Å². The van der Waals surface area contributed by atoms with E-state index in [9.17, 15) is 9.90 Å².